The van der Waals surface area contributed by atoms with Gasteiger partial charge < -0.3 is 10.0 Å². The van der Waals surface area contributed by atoms with Crippen molar-refractivity contribution in [2.45, 2.75) is 39.0 Å². The van der Waals surface area contributed by atoms with Crippen molar-refractivity contribution in [1.82, 2.24) is 9.80 Å². The molecule has 0 aliphatic carbocycles. The molecule has 0 aromatic rings. The minimum atomic E-state index is -4.58. The highest BCUT2D eigenvalue weighted by atomic mass is 19.4. The van der Waals surface area contributed by atoms with E-state index in [0.717, 1.165) is 6.42 Å². The quantitative estimate of drug-likeness (QED) is 0.836. The number of halogens is 3. The zero-order valence-electron chi connectivity index (χ0n) is 12.0. The van der Waals surface area contributed by atoms with Gasteiger partial charge in [0.15, 0.2) is 6.10 Å². The molecular weight excluding hydrogens is 273 g/mol. The van der Waals surface area contributed by atoms with Crippen molar-refractivity contribution in [1.29, 1.82) is 0 Å². The Labute approximate surface area is 117 Å². The Hall–Kier alpha value is -0.820. The van der Waals surface area contributed by atoms with Gasteiger partial charge in [-0.1, -0.05) is 13.8 Å². The first-order valence-corrected chi connectivity index (χ1v) is 6.95. The van der Waals surface area contributed by atoms with Crippen LogP contribution >= 0.6 is 0 Å². The van der Waals surface area contributed by atoms with Crippen LogP contribution in [0, 0.1) is 5.92 Å². The second kappa shape index (κ2) is 7.26. The highest BCUT2D eigenvalue weighted by Gasteiger charge is 2.39. The normalized spacial score (nSPS) is 19.4. The molecule has 1 heterocycles. The third kappa shape index (κ3) is 5.66. The number of aliphatic hydroxyl groups is 1. The number of β-amino-alcohol motifs (C(OH)–C–C–N with tert-alkyl or cyclic N) is 1. The summed E-state index contributed by atoms with van der Waals surface area (Å²) in [7, 11) is 0. The van der Waals surface area contributed by atoms with Crippen LogP contribution in [0.4, 0.5) is 13.2 Å². The summed E-state index contributed by atoms with van der Waals surface area (Å²) >= 11 is 0. The summed E-state index contributed by atoms with van der Waals surface area (Å²) in [6.07, 6.45) is -5.58. The Morgan fingerprint density at radius 3 is 2.20 bits per heavy atom. The maximum atomic E-state index is 12.2. The fourth-order valence-electron chi connectivity index (χ4n) is 2.10. The van der Waals surface area contributed by atoms with E-state index in [1.54, 1.807) is 9.80 Å². The minimum absolute atomic E-state index is 0.0646. The van der Waals surface area contributed by atoms with E-state index in [0.29, 0.717) is 38.5 Å². The van der Waals surface area contributed by atoms with Gasteiger partial charge in [-0.05, 0) is 12.3 Å². The van der Waals surface area contributed by atoms with E-state index in [1.165, 1.54) is 0 Å². The van der Waals surface area contributed by atoms with Crippen molar-refractivity contribution in [3.8, 4) is 0 Å². The third-order valence-corrected chi connectivity index (χ3v) is 3.47. The number of aliphatic hydroxyl groups excluding tert-OH is 1. The lowest BCUT2D eigenvalue weighted by atomic mass is 10.1. The molecule has 1 unspecified atom stereocenters. The Kier molecular flexibility index (Phi) is 6.26. The van der Waals surface area contributed by atoms with Crippen LogP contribution < -0.4 is 0 Å². The van der Waals surface area contributed by atoms with Crippen LogP contribution in [-0.2, 0) is 4.79 Å². The summed E-state index contributed by atoms with van der Waals surface area (Å²) in [5.41, 5.74) is 0. The predicted octanol–water partition coefficient (Wildman–Crippen LogP) is 1.49. The van der Waals surface area contributed by atoms with Crippen LogP contribution in [0.25, 0.3) is 0 Å². The molecule has 0 bridgehead atoms. The summed E-state index contributed by atoms with van der Waals surface area (Å²) in [5.74, 6) is 0.525. The Bertz CT molecular complexity index is 313. The number of carbonyl (C=O) groups excluding carboxylic acids is 1. The summed E-state index contributed by atoms with van der Waals surface area (Å²) < 4.78 is 36.7. The summed E-state index contributed by atoms with van der Waals surface area (Å²) in [5, 5.41) is 9.01. The average molecular weight is 296 g/mol. The lowest BCUT2D eigenvalue weighted by Crippen LogP contribution is -2.52. The molecule has 0 radical (unpaired) electrons. The fourth-order valence-corrected chi connectivity index (χ4v) is 2.10. The monoisotopic (exact) mass is 296 g/mol. The Balaban J connectivity index is 2.31. The second-order valence-electron chi connectivity index (χ2n) is 5.67. The number of carbonyl (C=O) groups is 1. The molecule has 0 saturated carbocycles. The van der Waals surface area contributed by atoms with Gasteiger partial charge in [0.2, 0.25) is 5.91 Å². The van der Waals surface area contributed by atoms with Gasteiger partial charge in [-0.15, -0.1) is 0 Å². The molecule has 0 spiro atoms. The molecule has 0 aromatic carbocycles. The van der Waals surface area contributed by atoms with E-state index in [2.05, 4.69) is 0 Å². The smallest absolute Gasteiger partial charge is 0.382 e. The molecular formula is C13H23F3N2O2. The molecule has 20 heavy (non-hydrogen) atoms. The van der Waals surface area contributed by atoms with Crippen LogP contribution in [-0.4, -0.2) is 65.8 Å². The topological polar surface area (TPSA) is 43.8 Å². The number of nitrogens with zero attached hydrogens (tertiary/aromatic N) is 2. The molecule has 1 amide bonds. The van der Waals surface area contributed by atoms with Gasteiger partial charge in [0.1, 0.15) is 0 Å². The van der Waals surface area contributed by atoms with Gasteiger partial charge in [0.05, 0.1) is 0 Å². The third-order valence-electron chi connectivity index (χ3n) is 3.47. The van der Waals surface area contributed by atoms with Crippen molar-refractivity contribution in [3.63, 3.8) is 0 Å². The predicted molar refractivity (Wildman–Crippen MR) is 69.2 cm³/mol. The maximum absolute atomic E-state index is 12.2. The number of hydrogen-bond acceptors (Lipinski definition) is 3. The number of amides is 1. The van der Waals surface area contributed by atoms with E-state index in [9.17, 15) is 18.0 Å². The molecule has 1 atom stereocenters. The maximum Gasteiger partial charge on any atom is 0.415 e. The van der Waals surface area contributed by atoms with Gasteiger partial charge in [-0.25, -0.2) is 0 Å². The first-order chi connectivity index (χ1) is 9.20. The van der Waals surface area contributed by atoms with Crippen molar-refractivity contribution < 1.29 is 23.1 Å². The van der Waals surface area contributed by atoms with Gasteiger partial charge in [0.25, 0.3) is 0 Å². The van der Waals surface area contributed by atoms with Crippen LogP contribution in [0.1, 0.15) is 26.7 Å². The molecule has 118 valence electrons. The lowest BCUT2D eigenvalue weighted by molar-refractivity contribution is -0.209. The Morgan fingerprint density at radius 1 is 1.20 bits per heavy atom. The van der Waals surface area contributed by atoms with E-state index in [4.69, 9.17) is 5.11 Å². The molecule has 1 N–H and O–H groups in total. The molecule has 7 heteroatoms. The number of alkyl halides is 3. The number of hydrogen-bond donors (Lipinski definition) is 1. The highest BCUT2D eigenvalue weighted by molar-refractivity contribution is 5.76. The zero-order valence-corrected chi connectivity index (χ0v) is 12.0. The van der Waals surface area contributed by atoms with Gasteiger partial charge in [-0.3, -0.25) is 9.69 Å². The van der Waals surface area contributed by atoms with Crippen LogP contribution in [0.2, 0.25) is 0 Å². The summed E-state index contributed by atoms with van der Waals surface area (Å²) in [6.45, 7) is 5.29. The van der Waals surface area contributed by atoms with E-state index >= 15 is 0 Å². The first-order valence-electron chi connectivity index (χ1n) is 6.95. The van der Waals surface area contributed by atoms with Gasteiger partial charge in [-0.2, -0.15) is 13.2 Å². The molecule has 1 aliphatic heterocycles. The molecule has 1 saturated heterocycles. The summed E-state index contributed by atoms with van der Waals surface area (Å²) in [6, 6.07) is 0. The van der Waals surface area contributed by atoms with Crippen molar-refractivity contribution in [2.75, 3.05) is 32.7 Å². The number of piperazine rings is 1. The molecule has 4 nitrogen and oxygen atoms in total. The summed E-state index contributed by atoms with van der Waals surface area (Å²) in [4.78, 5) is 15.1. The second-order valence-corrected chi connectivity index (χ2v) is 5.67. The first kappa shape index (κ1) is 17.2. The Morgan fingerprint density at radius 2 is 1.75 bits per heavy atom. The lowest BCUT2D eigenvalue weighted by Gasteiger charge is -2.36. The van der Waals surface area contributed by atoms with Crippen LogP contribution in [0.5, 0.6) is 0 Å². The van der Waals surface area contributed by atoms with Crippen molar-refractivity contribution in [3.05, 3.63) is 0 Å². The molecule has 0 aromatic heterocycles. The minimum Gasteiger partial charge on any atom is -0.382 e. The molecule has 1 rings (SSSR count). The van der Waals surface area contributed by atoms with E-state index < -0.39 is 18.8 Å². The van der Waals surface area contributed by atoms with Gasteiger partial charge in [0, 0.05) is 39.1 Å². The van der Waals surface area contributed by atoms with E-state index in [-0.39, 0.29) is 5.91 Å². The average Bonchev–Trinajstić information content (AvgIpc) is 2.35. The van der Waals surface area contributed by atoms with Gasteiger partial charge >= 0.3 is 6.18 Å². The number of rotatable bonds is 5. The zero-order chi connectivity index (χ0) is 15.3. The fraction of sp³-hybridized carbons (Fsp3) is 0.923. The van der Waals surface area contributed by atoms with Crippen LogP contribution in [0.15, 0.2) is 0 Å². The molecule has 1 fully saturated rings. The van der Waals surface area contributed by atoms with Crippen molar-refractivity contribution >= 4 is 5.91 Å². The van der Waals surface area contributed by atoms with E-state index in [1.807, 2.05) is 13.8 Å². The molecule has 1 aliphatic rings. The highest BCUT2D eigenvalue weighted by Crippen LogP contribution is 2.21. The van der Waals surface area contributed by atoms with Crippen LogP contribution in [0.3, 0.4) is 0 Å². The SMILES string of the molecule is CC(C)CCC(=O)N1CCN(CC(O)C(F)(F)F)CC1. The van der Waals surface area contributed by atoms with Crippen molar-refractivity contribution in [2.24, 2.45) is 5.92 Å². The largest absolute Gasteiger partial charge is 0.415 e. The standard InChI is InChI=1S/C13H23F3N2O2/c1-10(2)3-4-12(20)18-7-5-17(6-8-18)9-11(19)13(14,15)16/h10-11,19H,3-9H2,1-2H3.